The molecule has 2 nitrogen and oxygen atoms in total. The Labute approximate surface area is 179 Å². The highest BCUT2D eigenvalue weighted by Gasteiger charge is 2.00. The van der Waals surface area contributed by atoms with Gasteiger partial charge in [-0.05, 0) is 19.4 Å². The molecule has 0 aliphatic rings. The molecule has 0 heterocycles. The quantitative estimate of drug-likeness (QED) is 0.161. The van der Waals surface area contributed by atoms with Crippen LogP contribution in [0.4, 0.5) is 0 Å². The highest BCUT2D eigenvalue weighted by molar-refractivity contribution is 4.61. The Morgan fingerprint density at radius 1 is 0.429 bits per heavy atom. The molecule has 0 fully saturated rings. The van der Waals surface area contributed by atoms with Gasteiger partial charge in [0.2, 0.25) is 0 Å². The first-order valence-electron chi connectivity index (χ1n) is 13.3. The predicted octanol–water partition coefficient (Wildman–Crippen LogP) is 8.26. The van der Waals surface area contributed by atoms with Crippen LogP contribution in [0.3, 0.4) is 0 Å². The van der Waals surface area contributed by atoms with Crippen LogP contribution in [0.25, 0.3) is 0 Å². The van der Waals surface area contributed by atoms with E-state index >= 15 is 0 Å². The summed E-state index contributed by atoms with van der Waals surface area (Å²) in [7, 11) is 0. The maximum absolute atomic E-state index is 5.99. The Morgan fingerprint density at radius 2 is 0.714 bits per heavy atom. The monoisotopic (exact) mass is 396 g/mol. The van der Waals surface area contributed by atoms with E-state index in [4.69, 9.17) is 11.5 Å². The Morgan fingerprint density at radius 3 is 1.00 bits per heavy atom. The molecule has 0 aliphatic carbocycles. The van der Waals surface area contributed by atoms with Crippen molar-refractivity contribution in [3.05, 3.63) is 0 Å². The first-order chi connectivity index (χ1) is 13.8. The Hall–Kier alpha value is -0.0800. The van der Waals surface area contributed by atoms with Crippen LogP contribution in [0.1, 0.15) is 155 Å². The number of rotatable bonds is 24. The summed E-state index contributed by atoms with van der Waals surface area (Å²) in [5.41, 5.74) is 11.5. The van der Waals surface area contributed by atoms with Crippen molar-refractivity contribution in [1.29, 1.82) is 0 Å². The van der Waals surface area contributed by atoms with Crippen LogP contribution in [0, 0.1) is 0 Å². The fourth-order valence-electron chi connectivity index (χ4n) is 4.20. The lowest BCUT2D eigenvalue weighted by atomic mass is 10.0. The number of nitrogens with two attached hydrogens (primary N) is 2. The maximum Gasteiger partial charge on any atom is 0.00508 e. The first kappa shape index (κ1) is 27.9. The topological polar surface area (TPSA) is 52.0 Å². The molecule has 0 amide bonds. The van der Waals surface area contributed by atoms with E-state index in [0.717, 1.165) is 19.4 Å². The van der Waals surface area contributed by atoms with Crippen LogP contribution in [-0.4, -0.2) is 12.6 Å². The second-order valence-electron chi connectivity index (χ2n) is 9.20. The molecule has 0 aromatic heterocycles. The number of unbranched alkanes of at least 4 members (excludes halogenated alkanes) is 20. The minimum absolute atomic E-state index is 0.338. The van der Waals surface area contributed by atoms with Crippen molar-refractivity contribution in [3.8, 4) is 0 Å². The standard InChI is InChI=1S/C26H56N2/c1-2-3-4-5-6-7-8-9-10-11-12-13-14-15-16-17-18-19-20-21-22-23-26(28)24-25-27/h26H,2-25,27-28H2,1H3. The number of hydrogen-bond acceptors (Lipinski definition) is 2. The maximum atomic E-state index is 5.99. The molecule has 2 heteroatoms. The molecule has 0 radical (unpaired) electrons. The van der Waals surface area contributed by atoms with Crippen molar-refractivity contribution >= 4 is 0 Å². The van der Waals surface area contributed by atoms with Gasteiger partial charge in [-0.3, -0.25) is 0 Å². The van der Waals surface area contributed by atoms with E-state index in [9.17, 15) is 0 Å². The fourth-order valence-corrected chi connectivity index (χ4v) is 4.20. The van der Waals surface area contributed by atoms with Gasteiger partial charge in [-0.25, -0.2) is 0 Å². The second kappa shape index (κ2) is 25.0. The van der Waals surface area contributed by atoms with Gasteiger partial charge in [0.1, 0.15) is 0 Å². The van der Waals surface area contributed by atoms with Crippen LogP contribution in [0.15, 0.2) is 0 Å². The largest absolute Gasteiger partial charge is 0.330 e. The van der Waals surface area contributed by atoms with Gasteiger partial charge < -0.3 is 11.5 Å². The molecule has 0 aromatic rings. The van der Waals surface area contributed by atoms with Gasteiger partial charge in [-0.1, -0.05) is 142 Å². The van der Waals surface area contributed by atoms with E-state index in [-0.39, 0.29) is 0 Å². The molecule has 0 saturated carbocycles. The average Bonchev–Trinajstić information content (AvgIpc) is 2.69. The van der Waals surface area contributed by atoms with E-state index in [2.05, 4.69) is 6.92 Å². The third-order valence-electron chi connectivity index (χ3n) is 6.22. The molecule has 28 heavy (non-hydrogen) atoms. The minimum Gasteiger partial charge on any atom is -0.330 e. The fraction of sp³-hybridized carbons (Fsp3) is 1.00. The van der Waals surface area contributed by atoms with Crippen molar-refractivity contribution in [3.63, 3.8) is 0 Å². The lowest BCUT2D eigenvalue weighted by Gasteiger charge is -2.09. The molecule has 0 spiro atoms. The van der Waals surface area contributed by atoms with Crippen LogP contribution >= 0.6 is 0 Å². The molecule has 0 bridgehead atoms. The third kappa shape index (κ3) is 24.0. The smallest absolute Gasteiger partial charge is 0.00508 e. The zero-order valence-corrected chi connectivity index (χ0v) is 19.7. The molecule has 4 N–H and O–H groups in total. The molecule has 0 saturated heterocycles. The SMILES string of the molecule is CCCCCCCCCCCCCCCCCCCCCCCC(N)CCN. The molecular formula is C26H56N2. The van der Waals surface area contributed by atoms with E-state index in [1.165, 1.54) is 135 Å². The highest BCUT2D eigenvalue weighted by atomic mass is 14.6. The summed E-state index contributed by atoms with van der Waals surface area (Å²) in [6.45, 7) is 3.03. The van der Waals surface area contributed by atoms with Crippen LogP contribution in [0.5, 0.6) is 0 Å². The van der Waals surface area contributed by atoms with Crippen LogP contribution < -0.4 is 11.5 Å². The van der Waals surface area contributed by atoms with Gasteiger partial charge in [0.15, 0.2) is 0 Å². The van der Waals surface area contributed by atoms with Crippen LogP contribution in [0.2, 0.25) is 0 Å². The summed E-state index contributed by atoms with van der Waals surface area (Å²) in [6.07, 6.45) is 32.4. The van der Waals surface area contributed by atoms with Gasteiger partial charge in [-0.2, -0.15) is 0 Å². The summed E-state index contributed by atoms with van der Waals surface area (Å²) < 4.78 is 0. The summed E-state index contributed by atoms with van der Waals surface area (Å²) in [6, 6.07) is 0.338. The van der Waals surface area contributed by atoms with Gasteiger partial charge >= 0.3 is 0 Å². The minimum atomic E-state index is 0.338. The van der Waals surface area contributed by atoms with Gasteiger partial charge in [0, 0.05) is 6.04 Å². The Bertz CT molecular complexity index is 267. The summed E-state index contributed by atoms with van der Waals surface area (Å²) in [5.74, 6) is 0. The summed E-state index contributed by atoms with van der Waals surface area (Å²) in [4.78, 5) is 0. The number of hydrogen-bond donors (Lipinski definition) is 2. The molecule has 1 atom stereocenters. The van der Waals surface area contributed by atoms with Crippen LogP contribution in [-0.2, 0) is 0 Å². The molecular weight excluding hydrogens is 340 g/mol. The summed E-state index contributed by atoms with van der Waals surface area (Å²) >= 11 is 0. The molecule has 0 aromatic carbocycles. The van der Waals surface area contributed by atoms with Crippen molar-refractivity contribution in [1.82, 2.24) is 0 Å². The van der Waals surface area contributed by atoms with Crippen molar-refractivity contribution < 1.29 is 0 Å². The lowest BCUT2D eigenvalue weighted by Crippen LogP contribution is -2.23. The summed E-state index contributed by atoms with van der Waals surface area (Å²) in [5, 5.41) is 0. The Kier molecular flexibility index (Phi) is 24.9. The normalized spacial score (nSPS) is 12.5. The average molecular weight is 397 g/mol. The van der Waals surface area contributed by atoms with Gasteiger partial charge in [0.05, 0.1) is 0 Å². The molecule has 0 rings (SSSR count). The van der Waals surface area contributed by atoms with Crippen molar-refractivity contribution in [2.24, 2.45) is 11.5 Å². The van der Waals surface area contributed by atoms with E-state index < -0.39 is 0 Å². The zero-order valence-electron chi connectivity index (χ0n) is 19.7. The van der Waals surface area contributed by atoms with E-state index in [0.29, 0.717) is 6.04 Å². The van der Waals surface area contributed by atoms with Gasteiger partial charge in [-0.15, -0.1) is 0 Å². The third-order valence-corrected chi connectivity index (χ3v) is 6.22. The molecule has 0 aliphatic heterocycles. The van der Waals surface area contributed by atoms with E-state index in [1.54, 1.807) is 0 Å². The van der Waals surface area contributed by atoms with Crippen molar-refractivity contribution in [2.45, 2.75) is 161 Å². The van der Waals surface area contributed by atoms with Gasteiger partial charge in [0.25, 0.3) is 0 Å². The molecule has 1 unspecified atom stereocenters. The second-order valence-corrected chi connectivity index (χ2v) is 9.20. The highest BCUT2D eigenvalue weighted by Crippen LogP contribution is 2.15. The Balaban J connectivity index is 3.01. The van der Waals surface area contributed by atoms with Crippen molar-refractivity contribution in [2.75, 3.05) is 6.54 Å². The predicted molar refractivity (Wildman–Crippen MR) is 129 cm³/mol. The van der Waals surface area contributed by atoms with E-state index in [1.807, 2.05) is 0 Å². The first-order valence-corrected chi connectivity index (χ1v) is 13.3. The molecule has 170 valence electrons. The zero-order chi connectivity index (χ0) is 20.5. The lowest BCUT2D eigenvalue weighted by molar-refractivity contribution is 0.503.